The van der Waals surface area contributed by atoms with Crippen LogP contribution in [0, 0.1) is 0 Å². The second-order valence-corrected chi connectivity index (χ2v) is 7.58. The lowest BCUT2D eigenvalue weighted by molar-refractivity contribution is 0.141. The maximum absolute atomic E-state index is 13.6. The fourth-order valence-corrected chi connectivity index (χ4v) is 3.28. The molecule has 0 atom stereocenters. The number of alkyl halides is 2. The van der Waals surface area contributed by atoms with Crippen LogP contribution in [0.25, 0.3) is 22.4 Å². The molecule has 2 heterocycles. The first-order valence-corrected chi connectivity index (χ1v) is 9.24. The van der Waals surface area contributed by atoms with Gasteiger partial charge in [0.05, 0.1) is 4.90 Å². The van der Waals surface area contributed by atoms with E-state index in [4.69, 9.17) is 0 Å². The summed E-state index contributed by atoms with van der Waals surface area (Å²) in [6.07, 6.45) is 1.49. The van der Waals surface area contributed by atoms with Crippen LogP contribution in [0.3, 0.4) is 0 Å². The fourth-order valence-electron chi connectivity index (χ4n) is 2.65. The first-order valence-electron chi connectivity index (χ1n) is 7.35. The van der Waals surface area contributed by atoms with E-state index in [0.717, 1.165) is 10.9 Å². The zero-order valence-electron chi connectivity index (χ0n) is 13.5. The first kappa shape index (κ1) is 17.2. The highest BCUT2D eigenvalue weighted by molar-refractivity contribution is 7.90. The van der Waals surface area contributed by atoms with Gasteiger partial charge >= 0.3 is 0 Å². The van der Waals surface area contributed by atoms with Crippen molar-refractivity contribution in [2.45, 2.75) is 11.3 Å². The minimum Gasteiger partial charge on any atom is -0.266 e. The molecule has 130 valence electrons. The summed E-state index contributed by atoms with van der Waals surface area (Å²) in [7, 11) is -1.90. The van der Waals surface area contributed by atoms with Crippen LogP contribution >= 0.6 is 0 Å². The Balaban J connectivity index is 2.23. The number of hydrogen-bond donors (Lipinski definition) is 0. The van der Waals surface area contributed by atoms with Gasteiger partial charge in [-0.1, -0.05) is 12.1 Å². The van der Waals surface area contributed by atoms with Crippen LogP contribution in [0.2, 0.25) is 0 Å². The molecule has 3 rings (SSSR count). The molecule has 0 spiro atoms. The first-order chi connectivity index (χ1) is 11.8. The quantitative estimate of drug-likeness (QED) is 0.712. The molecule has 0 radical (unpaired) electrons. The van der Waals surface area contributed by atoms with E-state index in [1.165, 1.54) is 31.3 Å². The lowest BCUT2D eigenvalue weighted by Gasteiger charge is -2.08. The van der Waals surface area contributed by atoms with Gasteiger partial charge in [-0.05, 0) is 29.8 Å². The highest BCUT2D eigenvalue weighted by Gasteiger charge is 2.25. The molecule has 8 heteroatoms. The van der Waals surface area contributed by atoms with Gasteiger partial charge in [0.25, 0.3) is 6.43 Å². The van der Waals surface area contributed by atoms with Crippen LogP contribution in [-0.4, -0.2) is 29.4 Å². The molecule has 25 heavy (non-hydrogen) atoms. The van der Waals surface area contributed by atoms with E-state index >= 15 is 0 Å². The average Bonchev–Trinajstić information content (AvgIpc) is 2.92. The molecular weight excluding hydrogens is 348 g/mol. The number of hydrogen-bond acceptors (Lipinski definition) is 4. The molecule has 0 amide bonds. The van der Waals surface area contributed by atoms with Gasteiger partial charge in [-0.2, -0.15) is 5.10 Å². The summed E-state index contributed by atoms with van der Waals surface area (Å²) in [5.41, 5.74) is 1.58. The maximum Gasteiger partial charge on any atom is 0.280 e. The lowest BCUT2D eigenvalue weighted by atomic mass is 9.99. The maximum atomic E-state index is 13.6. The molecular formula is C17H15F2N3O2S. The van der Waals surface area contributed by atoms with Crippen LogP contribution in [-0.2, 0) is 16.9 Å². The van der Waals surface area contributed by atoms with Gasteiger partial charge in [0.1, 0.15) is 11.4 Å². The third-order valence-corrected chi connectivity index (χ3v) is 4.95. The monoisotopic (exact) mass is 363 g/mol. The van der Waals surface area contributed by atoms with Crippen molar-refractivity contribution in [3.63, 3.8) is 0 Å². The zero-order valence-corrected chi connectivity index (χ0v) is 14.3. The minimum atomic E-state index is -3.36. The molecule has 0 aliphatic carbocycles. The molecule has 0 unspecified atom stereocenters. The number of aromatic nitrogens is 3. The molecule has 2 aromatic heterocycles. The van der Waals surface area contributed by atoms with E-state index in [-0.39, 0.29) is 16.2 Å². The normalized spacial score (nSPS) is 11.9. The number of sulfone groups is 1. The average molecular weight is 363 g/mol. The van der Waals surface area contributed by atoms with Crippen molar-refractivity contribution in [3.8, 4) is 22.4 Å². The van der Waals surface area contributed by atoms with Crippen LogP contribution in [0.4, 0.5) is 8.78 Å². The predicted octanol–water partition coefficient (Wildman–Crippen LogP) is 3.49. The van der Waals surface area contributed by atoms with Crippen molar-refractivity contribution < 1.29 is 17.2 Å². The van der Waals surface area contributed by atoms with Crippen molar-refractivity contribution >= 4 is 9.84 Å². The SMILES string of the molecule is Cn1nc(-c2ccncc2)c(-c2ccc(S(C)(=O)=O)cc2)c1C(F)F. The summed E-state index contributed by atoms with van der Waals surface area (Å²) in [5.74, 6) is 0. The summed E-state index contributed by atoms with van der Waals surface area (Å²) in [6.45, 7) is 0. The van der Waals surface area contributed by atoms with Gasteiger partial charge in [0, 0.05) is 36.8 Å². The Kier molecular flexibility index (Phi) is 4.38. The minimum absolute atomic E-state index is 0.129. The van der Waals surface area contributed by atoms with Crippen LogP contribution < -0.4 is 0 Å². The van der Waals surface area contributed by atoms with Gasteiger partial charge in [-0.15, -0.1) is 0 Å². The standard InChI is InChI=1S/C17H15F2N3O2S/c1-22-16(17(18)19)14(15(21-22)12-7-9-20-10-8-12)11-3-5-13(6-4-11)25(2,23)24/h3-10,17H,1-2H3. The van der Waals surface area contributed by atoms with Gasteiger partial charge in [-0.25, -0.2) is 17.2 Å². The van der Waals surface area contributed by atoms with Gasteiger partial charge in [0.2, 0.25) is 0 Å². The van der Waals surface area contributed by atoms with Crippen molar-refractivity contribution in [2.75, 3.05) is 6.26 Å². The highest BCUT2D eigenvalue weighted by atomic mass is 32.2. The largest absolute Gasteiger partial charge is 0.280 e. The fraction of sp³-hybridized carbons (Fsp3) is 0.176. The van der Waals surface area contributed by atoms with Crippen LogP contribution in [0.5, 0.6) is 0 Å². The Morgan fingerprint density at radius 1 is 1.00 bits per heavy atom. The third kappa shape index (κ3) is 3.30. The van der Waals surface area contributed by atoms with Crippen LogP contribution in [0.1, 0.15) is 12.1 Å². The van der Waals surface area contributed by atoms with E-state index in [1.807, 2.05) is 0 Å². The third-order valence-electron chi connectivity index (χ3n) is 3.82. The molecule has 0 N–H and O–H groups in total. The number of pyridine rings is 1. The molecule has 3 aromatic rings. The number of rotatable bonds is 4. The Bertz CT molecular complexity index is 998. The molecule has 5 nitrogen and oxygen atoms in total. The molecule has 1 aromatic carbocycles. The topological polar surface area (TPSA) is 64.8 Å². The zero-order chi connectivity index (χ0) is 18.2. The predicted molar refractivity (Wildman–Crippen MR) is 89.9 cm³/mol. The summed E-state index contributed by atoms with van der Waals surface area (Å²) >= 11 is 0. The molecule has 0 aliphatic rings. The van der Waals surface area contributed by atoms with E-state index < -0.39 is 16.3 Å². The van der Waals surface area contributed by atoms with E-state index in [0.29, 0.717) is 16.8 Å². The van der Waals surface area contributed by atoms with Crippen LogP contribution in [0.15, 0.2) is 53.7 Å². The van der Waals surface area contributed by atoms with Crippen molar-refractivity contribution in [1.82, 2.24) is 14.8 Å². The van der Waals surface area contributed by atoms with Crippen molar-refractivity contribution in [3.05, 3.63) is 54.5 Å². The molecule has 0 saturated heterocycles. The Morgan fingerprint density at radius 3 is 2.12 bits per heavy atom. The molecule has 0 saturated carbocycles. The molecule has 0 fully saturated rings. The highest BCUT2D eigenvalue weighted by Crippen LogP contribution is 2.38. The Hall–Kier alpha value is -2.61. The Morgan fingerprint density at radius 2 is 1.60 bits per heavy atom. The number of benzene rings is 1. The van der Waals surface area contributed by atoms with Crippen molar-refractivity contribution in [2.24, 2.45) is 7.05 Å². The number of aryl methyl sites for hydroxylation is 1. The lowest BCUT2D eigenvalue weighted by Crippen LogP contribution is -2.00. The van der Waals surface area contributed by atoms with Gasteiger partial charge in [0.15, 0.2) is 9.84 Å². The second kappa shape index (κ2) is 6.36. The summed E-state index contributed by atoms with van der Waals surface area (Å²) in [6, 6.07) is 9.22. The molecule has 0 bridgehead atoms. The van der Waals surface area contributed by atoms with Crippen molar-refractivity contribution in [1.29, 1.82) is 0 Å². The summed E-state index contributed by atoms with van der Waals surface area (Å²) in [4.78, 5) is 4.06. The second-order valence-electron chi connectivity index (χ2n) is 5.57. The van der Waals surface area contributed by atoms with E-state index in [1.54, 1.807) is 24.5 Å². The summed E-state index contributed by atoms with van der Waals surface area (Å²) in [5, 5.41) is 4.24. The van der Waals surface area contributed by atoms with Gasteiger partial charge in [-0.3, -0.25) is 9.67 Å². The van der Waals surface area contributed by atoms with E-state index in [2.05, 4.69) is 10.1 Å². The summed E-state index contributed by atoms with van der Waals surface area (Å²) < 4.78 is 51.6. The van der Waals surface area contributed by atoms with E-state index in [9.17, 15) is 17.2 Å². The Labute approximate surface area is 143 Å². The smallest absolute Gasteiger partial charge is 0.266 e. The number of halogens is 2. The molecule has 0 aliphatic heterocycles. The van der Waals surface area contributed by atoms with Gasteiger partial charge < -0.3 is 0 Å². The number of nitrogens with zero attached hydrogens (tertiary/aromatic N) is 3.